The summed E-state index contributed by atoms with van der Waals surface area (Å²) < 4.78 is 1.02. The molecule has 0 radical (unpaired) electrons. The number of hydrogen-bond donors (Lipinski definition) is 0. The molecule has 0 saturated carbocycles. The number of benzene rings is 3. The van der Waals surface area contributed by atoms with Gasteiger partial charge in [0, 0.05) is 23.3 Å². The number of imide groups is 1. The first-order valence-electron chi connectivity index (χ1n) is 10.8. The van der Waals surface area contributed by atoms with Crippen molar-refractivity contribution in [3.05, 3.63) is 83.9 Å². The molecule has 34 heavy (non-hydrogen) atoms. The van der Waals surface area contributed by atoms with Gasteiger partial charge in [0.05, 0.1) is 22.4 Å². The highest BCUT2D eigenvalue weighted by Crippen LogP contribution is 2.33. The summed E-state index contributed by atoms with van der Waals surface area (Å²) in [5, 5.41) is 0.621. The molecule has 0 atom stereocenters. The van der Waals surface area contributed by atoms with Gasteiger partial charge in [0.2, 0.25) is 11.8 Å². The van der Waals surface area contributed by atoms with E-state index in [0.717, 1.165) is 20.7 Å². The summed E-state index contributed by atoms with van der Waals surface area (Å²) in [6.07, 6.45) is 2.47. The predicted octanol–water partition coefficient (Wildman–Crippen LogP) is 5.52. The normalized spacial score (nSPS) is 13.6. The van der Waals surface area contributed by atoms with E-state index >= 15 is 0 Å². The monoisotopic (exact) mass is 487 g/mol. The molecule has 1 saturated heterocycles. The van der Waals surface area contributed by atoms with E-state index < -0.39 is 0 Å². The van der Waals surface area contributed by atoms with Crippen LogP contribution in [0, 0.1) is 0 Å². The quantitative estimate of drug-likeness (QED) is 0.265. The molecule has 1 aromatic heterocycles. The molecule has 1 aliphatic rings. The van der Waals surface area contributed by atoms with E-state index in [-0.39, 0.29) is 30.6 Å². The van der Waals surface area contributed by atoms with Crippen LogP contribution in [0.2, 0.25) is 0 Å². The van der Waals surface area contributed by atoms with Gasteiger partial charge in [-0.25, -0.2) is 4.98 Å². The summed E-state index contributed by atoms with van der Waals surface area (Å²) >= 11 is 3.15. The third-order valence-corrected chi connectivity index (χ3v) is 7.43. The van der Waals surface area contributed by atoms with Gasteiger partial charge < -0.3 is 0 Å². The lowest BCUT2D eigenvalue weighted by molar-refractivity contribution is -0.121. The van der Waals surface area contributed by atoms with Crippen molar-refractivity contribution < 1.29 is 14.4 Å². The summed E-state index contributed by atoms with van der Waals surface area (Å²) in [5.41, 5.74) is 2.79. The zero-order valence-electron chi connectivity index (χ0n) is 18.4. The second-order valence-electron chi connectivity index (χ2n) is 7.88. The number of thioether (sulfide) groups is 1. The van der Waals surface area contributed by atoms with E-state index in [4.69, 9.17) is 4.98 Å². The smallest absolute Gasteiger partial charge is 0.260 e. The van der Waals surface area contributed by atoms with Crippen LogP contribution < -0.4 is 9.80 Å². The van der Waals surface area contributed by atoms with Crippen LogP contribution in [0.5, 0.6) is 0 Å². The number of nitrogens with zero attached hydrogens (tertiary/aromatic N) is 3. The van der Waals surface area contributed by atoms with Gasteiger partial charge in [-0.1, -0.05) is 41.7 Å². The first-order chi connectivity index (χ1) is 16.5. The lowest BCUT2D eigenvalue weighted by atomic mass is 10.1. The van der Waals surface area contributed by atoms with Gasteiger partial charge >= 0.3 is 0 Å². The van der Waals surface area contributed by atoms with Crippen molar-refractivity contribution in [3.63, 3.8) is 0 Å². The van der Waals surface area contributed by atoms with Crippen molar-refractivity contribution in [3.8, 4) is 0 Å². The van der Waals surface area contributed by atoms with E-state index in [9.17, 15) is 14.4 Å². The molecule has 2 heterocycles. The van der Waals surface area contributed by atoms with E-state index in [2.05, 4.69) is 6.07 Å². The second kappa shape index (κ2) is 9.40. The molecule has 0 N–H and O–H groups in total. The largest absolute Gasteiger partial charge is 0.279 e. The number of anilines is 2. The van der Waals surface area contributed by atoms with Crippen molar-refractivity contribution in [2.24, 2.45) is 0 Å². The Bertz CT molecular complexity index is 1370. The molecule has 1 fully saturated rings. The Hall–Kier alpha value is -3.49. The second-order valence-corrected chi connectivity index (χ2v) is 9.77. The maximum atomic E-state index is 13.7. The number of aromatic nitrogens is 1. The van der Waals surface area contributed by atoms with Crippen LogP contribution in [0.1, 0.15) is 28.8 Å². The number of rotatable bonds is 6. The molecular weight excluding hydrogens is 466 g/mol. The van der Waals surface area contributed by atoms with Gasteiger partial charge in [-0.05, 0) is 54.3 Å². The number of hydrogen-bond acceptors (Lipinski definition) is 6. The molecule has 1 aliphatic heterocycles. The summed E-state index contributed by atoms with van der Waals surface area (Å²) in [4.78, 5) is 46.5. The third kappa shape index (κ3) is 4.34. The Morgan fingerprint density at radius 2 is 1.71 bits per heavy atom. The van der Waals surface area contributed by atoms with Crippen LogP contribution in [0.3, 0.4) is 0 Å². The maximum Gasteiger partial charge on any atom is 0.260 e. The van der Waals surface area contributed by atoms with Crippen molar-refractivity contribution in [2.45, 2.75) is 24.3 Å². The van der Waals surface area contributed by atoms with E-state index in [1.807, 2.05) is 48.7 Å². The molecule has 0 spiro atoms. The number of thiazole rings is 1. The van der Waals surface area contributed by atoms with Crippen LogP contribution in [0.4, 0.5) is 10.8 Å². The minimum absolute atomic E-state index is 0.196. The Morgan fingerprint density at radius 3 is 2.38 bits per heavy atom. The lowest BCUT2D eigenvalue weighted by Crippen LogP contribution is -2.31. The number of amides is 3. The molecular formula is C26H21N3O3S2. The first kappa shape index (κ1) is 22.3. The summed E-state index contributed by atoms with van der Waals surface area (Å²) in [7, 11) is 0. The molecule has 5 rings (SSSR count). The number of fused-ring (bicyclic) bond motifs is 1. The van der Waals surface area contributed by atoms with Crippen molar-refractivity contribution in [1.29, 1.82) is 0 Å². The summed E-state index contributed by atoms with van der Waals surface area (Å²) in [6, 6.07) is 22.5. The third-order valence-electron chi connectivity index (χ3n) is 5.67. The molecule has 6 nitrogen and oxygen atoms in total. The van der Waals surface area contributed by atoms with Gasteiger partial charge in [-0.2, -0.15) is 0 Å². The molecule has 0 unspecified atom stereocenters. The molecule has 3 amide bonds. The molecule has 0 aliphatic carbocycles. The Labute approximate surface area is 205 Å². The topological polar surface area (TPSA) is 70.6 Å². The molecule has 3 aromatic carbocycles. The van der Waals surface area contributed by atoms with Gasteiger partial charge in [0.25, 0.3) is 5.91 Å². The lowest BCUT2D eigenvalue weighted by Gasteiger charge is -2.21. The fourth-order valence-corrected chi connectivity index (χ4v) is 5.42. The Kier molecular flexibility index (Phi) is 6.17. The van der Waals surface area contributed by atoms with E-state index in [0.29, 0.717) is 22.9 Å². The highest BCUT2D eigenvalue weighted by Gasteiger charge is 2.30. The zero-order valence-corrected chi connectivity index (χ0v) is 20.1. The molecule has 8 heteroatoms. The van der Waals surface area contributed by atoms with Crippen LogP contribution in [-0.2, 0) is 16.1 Å². The predicted molar refractivity (Wildman–Crippen MR) is 137 cm³/mol. The van der Waals surface area contributed by atoms with E-state index in [1.165, 1.54) is 16.2 Å². The Morgan fingerprint density at radius 1 is 1.00 bits per heavy atom. The number of carbonyl (C=O) groups is 3. The number of carbonyl (C=O) groups excluding carboxylic acids is 3. The van der Waals surface area contributed by atoms with Gasteiger partial charge in [0.15, 0.2) is 5.13 Å². The summed E-state index contributed by atoms with van der Waals surface area (Å²) in [5.74, 6) is -0.624. The average Bonchev–Trinajstić information content (AvgIpc) is 3.44. The summed E-state index contributed by atoms with van der Waals surface area (Å²) in [6.45, 7) is 0.375. The van der Waals surface area contributed by atoms with Crippen molar-refractivity contribution >= 4 is 61.9 Å². The SMILES string of the molecule is CSc1ccc2nc(N(Cc3ccccc3)C(=O)c3ccc(N4C(=O)CCC4=O)cc3)sc2c1. The van der Waals surface area contributed by atoms with Crippen molar-refractivity contribution in [2.75, 3.05) is 16.1 Å². The molecule has 170 valence electrons. The van der Waals surface area contributed by atoms with Gasteiger partial charge in [-0.3, -0.25) is 24.2 Å². The minimum Gasteiger partial charge on any atom is -0.279 e. The molecule has 4 aromatic rings. The van der Waals surface area contributed by atoms with Crippen LogP contribution in [-0.4, -0.2) is 29.0 Å². The van der Waals surface area contributed by atoms with E-state index in [1.54, 1.807) is 40.9 Å². The van der Waals surface area contributed by atoms with Gasteiger partial charge in [-0.15, -0.1) is 11.8 Å². The first-order valence-corrected chi connectivity index (χ1v) is 12.8. The van der Waals surface area contributed by atoms with Crippen LogP contribution >= 0.6 is 23.1 Å². The fourth-order valence-electron chi connectivity index (χ4n) is 3.90. The zero-order chi connectivity index (χ0) is 23.7. The highest BCUT2D eigenvalue weighted by molar-refractivity contribution is 7.98. The van der Waals surface area contributed by atoms with Crippen LogP contribution in [0.25, 0.3) is 10.2 Å². The average molecular weight is 488 g/mol. The minimum atomic E-state index is -0.214. The maximum absolute atomic E-state index is 13.7. The fraction of sp³-hybridized carbons (Fsp3) is 0.154. The van der Waals surface area contributed by atoms with Gasteiger partial charge in [0.1, 0.15) is 0 Å². The van der Waals surface area contributed by atoms with Crippen molar-refractivity contribution in [1.82, 2.24) is 4.98 Å². The van der Waals surface area contributed by atoms with Crippen LogP contribution in [0.15, 0.2) is 77.7 Å². The standard InChI is InChI=1S/C26H21N3O3S2/c1-33-20-11-12-21-22(15-20)34-26(27-21)28(16-17-5-3-2-4-6-17)25(32)18-7-9-19(10-8-18)29-23(30)13-14-24(29)31/h2-12,15H,13-14,16H2,1H3. The highest BCUT2D eigenvalue weighted by atomic mass is 32.2. The Balaban J connectivity index is 1.49. The molecule has 0 bridgehead atoms.